The molecule has 1 unspecified atom stereocenters. The number of aromatic nitrogens is 2. The van der Waals surface area contributed by atoms with Crippen LogP contribution in [-0.2, 0) is 4.74 Å². The average molecular weight is 251 g/mol. The molecule has 2 aromatic rings. The summed E-state index contributed by atoms with van der Waals surface area (Å²) in [5, 5.41) is 4.21. The fourth-order valence-electron chi connectivity index (χ4n) is 1.85. The summed E-state index contributed by atoms with van der Waals surface area (Å²) in [4.78, 5) is 11.4. The number of thiophene rings is 1. The highest BCUT2D eigenvalue weighted by molar-refractivity contribution is 7.18. The van der Waals surface area contributed by atoms with E-state index in [9.17, 15) is 0 Å². The van der Waals surface area contributed by atoms with Crippen LogP contribution >= 0.6 is 11.3 Å². The lowest BCUT2D eigenvalue weighted by Crippen LogP contribution is -2.07. The summed E-state index contributed by atoms with van der Waals surface area (Å²) in [5.74, 6) is 1.64. The molecule has 0 aliphatic heterocycles. The van der Waals surface area contributed by atoms with Crippen LogP contribution in [0.4, 0.5) is 5.82 Å². The highest BCUT2D eigenvalue weighted by Crippen LogP contribution is 2.30. The Balaban J connectivity index is 2.58. The van der Waals surface area contributed by atoms with Gasteiger partial charge in [0.05, 0.1) is 5.39 Å². The fraction of sp³-hybridized carbons (Fsp3) is 0.500. The molecule has 0 aromatic carbocycles. The Morgan fingerprint density at radius 3 is 2.82 bits per heavy atom. The third-order valence-corrected chi connectivity index (χ3v) is 3.66. The van der Waals surface area contributed by atoms with Gasteiger partial charge >= 0.3 is 0 Å². The van der Waals surface area contributed by atoms with Gasteiger partial charge in [0.15, 0.2) is 5.82 Å². The molecule has 0 radical (unpaired) electrons. The Labute approximate surface area is 105 Å². The van der Waals surface area contributed by atoms with Crippen LogP contribution in [0, 0.1) is 6.92 Å². The Bertz CT molecular complexity index is 520. The smallest absolute Gasteiger partial charge is 0.161 e. The highest BCUT2D eigenvalue weighted by Gasteiger charge is 2.15. The predicted octanol–water partition coefficient (Wildman–Crippen LogP) is 3.14. The number of methoxy groups -OCH3 is 1. The lowest BCUT2D eigenvalue weighted by Gasteiger charge is -2.12. The Kier molecular flexibility index (Phi) is 3.59. The first-order valence-electron chi connectivity index (χ1n) is 5.68. The minimum absolute atomic E-state index is 0.0334. The molecular weight excluding hydrogens is 234 g/mol. The summed E-state index contributed by atoms with van der Waals surface area (Å²) < 4.78 is 5.39. The number of fused-ring (bicyclic) bond motifs is 1. The fourth-order valence-corrected chi connectivity index (χ4v) is 2.73. The maximum atomic E-state index is 5.39. The second kappa shape index (κ2) is 4.98. The Morgan fingerprint density at radius 1 is 1.47 bits per heavy atom. The van der Waals surface area contributed by atoms with Gasteiger partial charge < -0.3 is 10.1 Å². The minimum Gasteiger partial charge on any atom is -0.373 e. The molecule has 0 bridgehead atoms. The number of anilines is 1. The molecule has 2 heterocycles. The summed E-state index contributed by atoms with van der Waals surface area (Å²) in [7, 11) is 3.58. The largest absolute Gasteiger partial charge is 0.373 e. The molecule has 92 valence electrons. The van der Waals surface area contributed by atoms with E-state index in [2.05, 4.69) is 35.2 Å². The first-order valence-corrected chi connectivity index (χ1v) is 6.49. The van der Waals surface area contributed by atoms with E-state index in [1.807, 2.05) is 7.05 Å². The van der Waals surface area contributed by atoms with Crippen LogP contribution in [-0.4, -0.2) is 24.1 Å². The zero-order chi connectivity index (χ0) is 12.4. The van der Waals surface area contributed by atoms with Crippen molar-refractivity contribution >= 4 is 27.4 Å². The van der Waals surface area contributed by atoms with E-state index in [-0.39, 0.29) is 6.10 Å². The van der Waals surface area contributed by atoms with Gasteiger partial charge in [0.25, 0.3) is 0 Å². The van der Waals surface area contributed by atoms with Gasteiger partial charge in [0, 0.05) is 19.0 Å². The second-order valence-corrected chi connectivity index (χ2v) is 5.12. The summed E-state index contributed by atoms with van der Waals surface area (Å²) >= 11 is 1.69. The molecule has 1 atom stereocenters. The summed E-state index contributed by atoms with van der Waals surface area (Å²) in [6.45, 7) is 4.15. The van der Waals surface area contributed by atoms with Crippen molar-refractivity contribution in [2.75, 3.05) is 19.5 Å². The number of ether oxygens (including phenoxy) is 1. The zero-order valence-corrected chi connectivity index (χ0v) is 11.4. The van der Waals surface area contributed by atoms with E-state index >= 15 is 0 Å². The predicted molar refractivity (Wildman–Crippen MR) is 71.7 cm³/mol. The number of nitrogens with one attached hydrogen (secondary N) is 1. The molecule has 17 heavy (non-hydrogen) atoms. The molecule has 2 rings (SSSR count). The standard InChI is InChI=1S/C12H17N3OS/c1-5-9(16-4)11-14-10(13-3)8-6-7(2)17-12(8)15-11/h6,9H,5H2,1-4H3,(H,13,14,15). The number of aryl methyl sites for hydroxylation is 1. The lowest BCUT2D eigenvalue weighted by molar-refractivity contribution is 0.0930. The molecule has 1 N–H and O–H groups in total. The molecule has 0 fully saturated rings. The number of hydrogen-bond acceptors (Lipinski definition) is 5. The molecule has 4 nitrogen and oxygen atoms in total. The molecule has 0 saturated heterocycles. The van der Waals surface area contributed by atoms with E-state index in [1.54, 1.807) is 18.4 Å². The van der Waals surface area contributed by atoms with E-state index < -0.39 is 0 Å². The SMILES string of the molecule is CCC(OC)c1nc(NC)c2cc(C)sc2n1. The third kappa shape index (κ3) is 2.25. The minimum atomic E-state index is -0.0334. The summed E-state index contributed by atoms with van der Waals surface area (Å²) in [5.41, 5.74) is 0. The van der Waals surface area contributed by atoms with Gasteiger partial charge in [0.1, 0.15) is 16.8 Å². The van der Waals surface area contributed by atoms with Crippen LogP contribution in [0.3, 0.4) is 0 Å². The van der Waals surface area contributed by atoms with E-state index in [0.717, 1.165) is 28.3 Å². The van der Waals surface area contributed by atoms with E-state index in [1.165, 1.54) is 4.88 Å². The Morgan fingerprint density at radius 2 is 2.24 bits per heavy atom. The molecule has 2 aromatic heterocycles. The molecule has 0 aliphatic carbocycles. The maximum Gasteiger partial charge on any atom is 0.161 e. The van der Waals surface area contributed by atoms with Crippen molar-refractivity contribution in [2.45, 2.75) is 26.4 Å². The Hall–Kier alpha value is -1.20. The van der Waals surface area contributed by atoms with Crippen LogP contribution in [0.5, 0.6) is 0 Å². The molecule has 5 heteroatoms. The van der Waals surface area contributed by atoms with Crippen LogP contribution in [0.1, 0.15) is 30.2 Å². The number of rotatable bonds is 4. The van der Waals surface area contributed by atoms with Crippen molar-refractivity contribution in [1.29, 1.82) is 0 Å². The summed E-state index contributed by atoms with van der Waals surface area (Å²) in [6, 6.07) is 2.11. The van der Waals surface area contributed by atoms with Crippen molar-refractivity contribution in [1.82, 2.24) is 9.97 Å². The van der Waals surface area contributed by atoms with Crippen LogP contribution in [0.2, 0.25) is 0 Å². The summed E-state index contributed by atoms with van der Waals surface area (Å²) in [6.07, 6.45) is 0.837. The maximum absolute atomic E-state index is 5.39. The molecule has 0 amide bonds. The topological polar surface area (TPSA) is 47.0 Å². The zero-order valence-electron chi connectivity index (χ0n) is 10.6. The van der Waals surface area contributed by atoms with Crippen molar-refractivity contribution in [2.24, 2.45) is 0 Å². The molecule has 0 saturated carbocycles. The van der Waals surface area contributed by atoms with Gasteiger partial charge in [-0.2, -0.15) is 0 Å². The average Bonchev–Trinajstić information content (AvgIpc) is 2.70. The second-order valence-electron chi connectivity index (χ2n) is 3.89. The normalized spacial score (nSPS) is 12.9. The van der Waals surface area contributed by atoms with Gasteiger partial charge in [-0.05, 0) is 19.4 Å². The quantitative estimate of drug-likeness (QED) is 0.906. The van der Waals surface area contributed by atoms with Crippen molar-refractivity contribution < 1.29 is 4.74 Å². The van der Waals surface area contributed by atoms with Gasteiger partial charge in [-0.3, -0.25) is 0 Å². The van der Waals surface area contributed by atoms with Crippen molar-refractivity contribution in [3.63, 3.8) is 0 Å². The van der Waals surface area contributed by atoms with Gasteiger partial charge in [-0.25, -0.2) is 9.97 Å². The van der Waals surface area contributed by atoms with E-state index in [4.69, 9.17) is 4.74 Å². The molecular formula is C12H17N3OS. The van der Waals surface area contributed by atoms with Crippen LogP contribution in [0.15, 0.2) is 6.07 Å². The van der Waals surface area contributed by atoms with Gasteiger partial charge in [-0.15, -0.1) is 11.3 Å². The van der Waals surface area contributed by atoms with E-state index in [0.29, 0.717) is 0 Å². The van der Waals surface area contributed by atoms with Crippen LogP contribution < -0.4 is 5.32 Å². The first kappa shape index (κ1) is 12.3. The van der Waals surface area contributed by atoms with Crippen molar-refractivity contribution in [3.8, 4) is 0 Å². The van der Waals surface area contributed by atoms with Gasteiger partial charge in [0.2, 0.25) is 0 Å². The number of nitrogens with zero attached hydrogens (tertiary/aromatic N) is 2. The van der Waals surface area contributed by atoms with Gasteiger partial charge in [-0.1, -0.05) is 6.92 Å². The molecule has 0 spiro atoms. The third-order valence-electron chi connectivity index (χ3n) is 2.71. The molecule has 0 aliphatic rings. The first-order chi connectivity index (χ1) is 8.19. The van der Waals surface area contributed by atoms with Crippen LogP contribution in [0.25, 0.3) is 10.2 Å². The monoisotopic (exact) mass is 251 g/mol. The van der Waals surface area contributed by atoms with Crippen molar-refractivity contribution in [3.05, 3.63) is 16.8 Å². The number of hydrogen-bond donors (Lipinski definition) is 1. The lowest BCUT2D eigenvalue weighted by atomic mass is 10.2. The highest BCUT2D eigenvalue weighted by atomic mass is 32.1.